The number of benzene rings is 2. The highest BCUT2D eigenvalue weighted by Crippen LogP contribution is 2.33. The van der Waals surface area contributed by atoms with E-state index in [0.717, 1.165) is 28.3 Å². The molecule has 148 valence electrons. The predicted octanol–water partition coefficient (Wildman–Crippen LogP) is 4.47. The molecule has 2 aromatic carbocycles. The van der Waals surface area contributed by atoms with Crippen molar-refractivity contribution >= 4 is 39.1 Å². The SMILES string of the molecule is Cc1ccc2nc(-c3ccc(NC(=O)C4CC(=O)N(CC5CC5)C4)cc3)sc2c1. The van der Waals surface area contributed by atoms with Crippen molar-refractivity contribution in [2.24, 2.45) is 11.8 Å². The summed E-state index contributed by atoms with van der Waals surface area (Å²) in [6, 6.07) is 14.1. The van der Waals surface area contributed by atoms with Gasteiger partial charge in [-0.15, -0.1) is 11.3 Å². The summed E-state index contributed by atoms with van der Waals surface area (Å²) in [7, 11) is 0. The molecule has 29 heavy (non-hydrogen) atoms. The third kappa shape index (κ3) is 3.90. The Morgan fingerprint density at radius 3 is 2.76 bits per heavy atom. The minimum atomic E-state index is -0.256. The number of rotatable bonds is 5. The minimum absolute atomic E-state index is 0.0696. The van der Waals surface area contributed by atoms with E-state index in [9.17, 15) is 9.59 Å². The summed E-state index contributed by atoms with van der Waals surface area (Å²) < 4.78 is 1.18. The van der Waals surface area contributed by atoms with Gasteiger partial charge in [0, 0.05) is 30.8 Å². The van der Waals surface area contributed by atoms with Crippen LogP contribution >= 0.6 is 11.3 Å². The van der Waals surface area contributed by atoms with Gasteiger partial charge in [0.25, 0.3) is 0 Å². The number of hydrogen-bond donors (Lipinski definition) is 1. The quantitative estimate of drug-likeness (QED) is 0.681. The van der Waals surface area contributed by atoms with Gasteiger partial charge in [0.2, 0.25) is 11.8 Å². The number of nitrogens with one attached hydrogen (secondary N) is 1. The first-order chi connectivity index (χ1) is 14.0. The van der Waals surface area contributed by atoms with E-state index in [0.29, 0.717) is 18.9 Å². The molecule has 2 aliphatic rings. The molecule has 2 amide bonds. The number of carbonyl (C=O) groups excluding carboxylic acids is 2. The lowest BCUT2D eigenvalue weighted by atomic mass is 10.1. The van der Waals surface area contributed by atoms with Gasteiger partial charge < -0.3 is 10.2 Å². The van der Waals surface area contributed by atoms with Crippen LogP contribution in [0.2, 0.25) is 0 Å². The van der Waals surface area contributed by atoms with Crippen molar-refractivity contribution in [3.8, 4) is 10.6 Å². The number of thiazole rings is 1. The van der Waals surface area contributed by atoms with Crippen molar-refractivity contribution in [1.29, 1.82) is 0 Å². The number of likely N-dealkylation sites (tertiary alicyclic amines) is 1. The number of hydrogen-bond acceptors (Lipinski definition) is 4. The zero-order valence-corrected chi connectivity index (χ0v) is 17.2. The normalized spacial score (nSPS) is 19.1. The zero-order valence-electron chi connectivity index (χ0n) is 16.4. The van der Waals surface area contributed by atoms with Crippen molar-refractivity contribution in [2.45, 2.75) is 26.2 Å². The molecule has 3 aromatic rings. The third-order valence-electron chi connectivity index (χ3n) is 5.70. The fourth-order valence-electron chi connectivity index (χ4n) is 3.83. The first-order valence-electron chi connectivity index (χ1n) is 10.1. The summed E-state index contributed by atoms with van der Waals surface area (Å²) >= 11 is 1.67. The number of amides is 2. The Labute approximate surface area is 173 Å². The highest BCUT2D eigenvalue weighted by atomic mass is 32.1. The van der Waals surface area contributed by atoms with E-state index in [1.807, 2.05) is 29.2 Å². The summed E-state index contributed by atoms with van der Waals surface area (Å²) in [5, 5.41) is 3.94. The number of fused-ring (bicyclic) bond motifs is 1. The van der Waals surface area contributed by atoms with Gasteiger partial charge in [-0.1, -0.05) is 6.07 Å². The molecule has 1 N–H and O–H groups in total. The van der Waals surface area contributed by atoms with E-state index >= 15 is 0 Å². The summed E-state index contributed by atoms with van der Waals surface area (Å²) in [6.07, 6.45) is 2.74. The molecule has 1 saturated heterocycles. The Kier molecular flexibility index (Phi) is 4.59. The molecular formula is C23H23N3O2S. The van der Waals surface area contributed by atoms with Gasteiger partial charge in [0.05, 0.1) is 16.1 Å². The van der Waals surface area contributed by atoms with Crippen LogP contribution in [0.4, 0.5) is 5.69 Å². The number of anilines is 1. The topological polar surface area (TPSA) is 62.3 Å². The Morgan fingerprint density at radius 2 is 2.00 bits per heavy atom. The van der Waals surface area contributed by atoms with Gasteiger partial charge in [0.1, 0.15) is 5.01 Å². The number of nitrogens with zero attached hydrogens (tertiary/aromatic N) is 2. The molecular weight excluding hydrogens is 382 g/mol. The Morgan fingerprint density at radius 1 is 1.21 bits per heavy atom. The van der Waals surface area contributed by atoms with Gasteiger partial charge in [-0.3, -0.25) is 9.59 Å². The molecule has 1 atom stereocenters. The molecule has 2 heterocycles. The molecule has 6 heteroatoms. The fraction of sp³-hybridized carbons (Fsp3) is 0.348. The molecule has 1 unspecified atom stereocenters. The van der Waals surface area contributed by atoms with Crippen molar-refractivity contribution in [2.75, 3.05) is 18.4 Å². The Balaban J connectivity index is 1.25. The summed E-state index contributed by atoms with van der Waals surface area (Å²) in [6.45, 7) is 3.45. The van der Waals surface area contributed by atoms with E-state index in [4.69, 9.17) is 4.98 Å². The van der Waals surface area contributed by atoms with E-state index in [2.05, 4.69) is 30.4 Å². The summed E-state index contributed by atoms with van der Waals surface area (Å²) in [4.78, 5) is 31.3. The fourth-order valence-corrected chi connectivity index (χ4v) is 4.90. The van der Waals surface area contributed by atoms with Crippen LogP contribution in [-0.2, 0) is 9.59 Å². The maximum Gasteiger partial charge on any atom is 0.229 e. The van der Waals surface area contributed by atoms with Crippen LogP contribution < -0.4 is 5.32 Å². The monoisotopic (exact) mass is 405 g/mol. The van der Waals surface area contributed by atoms with Crippen LogP contribution in [-0.4, -0.2) is 34.8 Å². The maximum atomic E-state index is 12.6. The van der Waals surface area contributed by atoms with E-state index < -0.39 is 0 Å². The van der Waals surface area contributed by atoms with Crippen molar-refractivity contribution in [3.05, 3.63) is 48.0 Å². The third-order valence-corrected chi connectivity index (χ3v) is 6.77. The lowest BCUT2D eigenvalue weighted by Gasteiger charge is -2.16. The lowest BCUT2D eigenvalue weighted by Crippen LogP contribution is -2.29. The second-order valence-electron chi connectivity index (χ2n) is 8.20. The van der Waals surface area contributed by atoms with Gasteiger partial charge >= 0.3 is 0 Å². The average molecular weight is 406 g/mol. The van der Waals surface area contributed by atoms with Crippen molar-refractivity contribution < 1.29 is 9.59 Å². The zero-order chi connectivity index (χ0) is 20.0. The highest BCUT2D eigenvalue weighted by Gasteiger charge is 2.37. The predicted molar refractivity (Wildman–Crippen MR) is 116 cm³/mol. The van der Waals surface area contributed by atoms with Gasteiger partial charge in [-0.05, 0) is 67.6 Å². The van der Waals surface area contributed by atoms with Crippen LogP contribution in [0.1, 0.15) is 24.8 Å². The molecule has 1 aliphatic heterocycles. The second-order valence-corrected chi connectivity index (χ2v) is 9.23. The van der Waals surface area contributed by atoms with Gasteiger partial charge in [-0.25, -0.2) is 4.98 Å². The van der Waals surface area contributed by atoms with Crippen molar-refractivity contribution in [1.82, 2.24) is 9.88 Å². The molecule has 2 fully saturated rings. The molecule has 5 nitrogen and oxygen atoms in total. The van der Waals surface area contributed by atoms with E-state index in [1.165, 1.54) is 23.1 Å². The van der Waals surface area contributed by atoms with Crippen molar-refractivity contribution in [3.63, 3.8) is 0 Å². The first kappa shape index (κ1) is 18.3. The second kappa shape index (κ2) is 7.26. The first-order valence-corrected chi connectivity index (χ1v) is 10.9. The minimum Gasteiger partial charge on any atom is -0.342 e. The van der Waals surface area contributed by atoms with Crippen LogP contribution in [0.5, 0.6) is 0 Å². The molecule has 1 aromatic heterocycles. The smallest absolute Gasteiger partial charge is 0.229 e. The molecule has 5 rings (SSSR count). The summed E-state index contributed by atoms with van der Waals surface area (Å²) in [5.41, 5.74) is 4.03. The number of carbonyl (C=O) groups is 2. The lowest BCUT2D eigenvalue weighted by molar-refractivity contribution is -0.128. The molecule has 0 spiro atoms. The largest absolute Gasteiger partial charge is 0.342 e. The number of aryl methyl sites for hydroxylation is 1. The van der Waals surface area contributed by atoms with E-state index in [-0.39, 0.29) is 17.7 Å². The Bertz CT molecular complexity index is 1090. The molecule has 0 radical (unpaired) electrons. The average Bonchev–Trinajstić information content (AvgIpc) is 3.30. The molecule has 1 aliphatic carbocycles. The van der Waals surface area contributed by atoms with Crippen LogP contribution in [0.3, 0.4) is 0 Å². The van der Waals surface area contributed by atoms with Crippen LogP contribution in [0, 0.1) is 18.8 Å². The van der Waals surface area contributed by atoms with Gasteiger partial charge in [-0.2, -0.15) is 0 Å². The number of aromatic nitrogens is 1. The van der Waals surface area contributed by atoms with Crippen LogP contribution in [0.25, 0.3) is 20.8 Å². The van der Waals surface area contributed by atoms with E-state index in [1.54, 1.807) is 11.3 Å². The summed E-state index contributed by atoms with van der Waals surface area (Å²) in [5.74, 6) is 0.437. The molecule has 0 bridgehead atoms. The van der Waals surface area contributed by atoms with Gasteiger partial charge in [0.15, 0.2) is 0 Å². The molecule has 1 saturated carbocycles. The van der Waals surface area contributed by atoms with Crippen LogP contribution in [0.15, 0.2) is 42.5 Å². The highest BCUT2D eigenvalue weighted by molar-refractivity contribution is 7.21. The standard InChI is InChI=1S/C23H23N3O2S/c1-14-2-9-19-20(10-14)29-23(25-19)16-5-7-18(8-6-16)24-22(28)17-11-21(27)26(13-17)12-15-3-4-15/h2,5-10,15,17H,3-4,11-13H2,1H3,(H,24,28). The Hall–Kier alpha value is -2.73. The maximum absolute atomic E-state index is 12.6.